The summed E-state index contributed by atoms with van der Waals surface area (Å²) in [6.45, 7) is 8.15. The standard InChI is InChI=1S/C9H19NS/c1-9(2)5-7-10-6-4-8-11-3/h10H,1,4-8H2,2-3H3. The molecule has 0 aromatic rings. The molecule has 0 unspecified atom stereocenters. The van der Waals surface area contributed by atoms with Gasteiger partial charge in [0.1, 0.15) is 0 Å². The van der Waals surface area contributed by atoms with E-state index in [1.54, 1.807) is 0 Å². The van der Waals surface area contributed by atoms with Crippen LogP contribution >= 0.6 is 11.8 Å². The summed E-state index contributed by atoms with van der Waals surface area (Å²) in [6.07, 6.45) is 4.53. The number of hydrogen-bond acceptors (Lipinski definition) is 2. The molecule has 0 aromatic carbocycles. The van der Waals surface area contributed by atoms with Crippen LogP contribution in [-0.2, 0) is 0 Å². The molecule has 0 amide bonds. The minimum absolute atomic E-state index is 1.09. The monoisotopic (exact) mass is 173 g/mol. The highest BCUT2D eigenvalue weighted by Gasteiger charge is 1.87. The summed E-state index contributed by atoms with van der Waals surface area (Å²) in [5, 5.41) is 3.38. The van der Waals surface area contributed by atoms with E-state index < -0.39 is 0 Å². The van der Waals surface area contributed by atoms with Crippen molar-refractivity contribution in [2.75, 3.05) is 25.1 Å². The Morgan fingerprint density at radius 2 is 2.18 bits per heavy atom. The van der Waals surface area contributed by atoms with Gasteiger partial charge in [0.2, 0.25) is 0 Å². The Bertz CT molecular complexity index is 102. The molecule has 0 heterocycles. The second kappa shape index (κ2) is 8.15. The van der Waals surface area contributed by atoms with Crippen LogP contribution in [0.5, 0.6) is 0 Å². The molecule has 66 valence electrons. The van der Waals surface area contributed by atoms with Crippen molar-refractivity contribution in [1.29, 1.82) is 0 Å². The topological polar surface area (TPSA) is 12.0 Å². The van der Waals surface area contributed by atoms with Gasteiger partial charge in [0.05, 0.1) is 0 Å². The molecular formula is C9H19NS. The van der Waals surface area contributed by atoms with Crippen molar-refractivity contribution in [3.05, 3.63) is 12.2 Å². The maximum atomic E-state index is 3.84. The van der Waals surface area contributed by atoms with Gasteiger partial charge < -0.3 is 5.32 Å². The van der Waals surface area contributed by atoms with Gasteiger partial charge in [-0.3, -0.25) is 0 Å². The third-order valence-corrected chi connectivity index (χ3v) is 2.13. The molecule has 0 fully saturated rings. The lowest BCUT2D eigenvalue weighted by Gasteiger charge is -2.02. The van der Waals surface area contributed by atoms with Crippen LogP contribution in [0.15, 0.2) is 12.2 Å². The Hall–Kier alpha value is 0.0500. The Morgan fingerprint density at radius 1 is 1.45 bits per heavy atom. The fraction of sp³-hybridized carbons (Fsp3) is 0.778. The first-order valence-corrected chi connectivity index (χ1v) is 5.50. The molecule has 0 rings (SSSR count). The molecule has 0 spiro atoms. The minimum atomic E-state index is 1.09. The molecule has 0 aliphatic rings. The van der Waals surface area contributed by atoms with E-state index >= 15 is 0 Å². The van der Waals surface area contributed by atoms with E-state index in [-0.39, 0.29) is 0 Å². The van der Waals surface area contributed by atoms with Crippen molar-refractivity contribution in [3.63, 3.8) is 0 Å². The molecule has 1 N–H and O–H groups in total. The second-order valence-electron chi connectivity index (χ2n) is 2.80. The quantitative estimate of drug-likeness (QED) is 0.468. The summed E-state index contributed by atoms with van der Waals surface area (Å²) in [6, 6.07) is 0. The molecule has 0 aliphatic heterocycles. The van der Waals surface area contributed by atoms with E-state index in [4.69, 9.17) is 0 Å². The van der Waals surface area contributed by atoms with Gasteiger partial charge in [-0.05, 0) is 44.9 Å². The van der Waals surface area contributed by atoms with Gasteiger partial charge in [0, 0.05) is 0 Å². The van der Waals surface area contributed by atoms with E-state index in [1.165, 1.54) is 17.7 Å². The average molecular weight is 173 g/mol. The summed E-state index contributed by atoms with van der Waals surface area (Å²) in [5.41, 5.74) is 1.27. The molecule has 0 atom stereocenters. The zero-order valence-corrected chi connectivity index (χ0v) is 8.47. The van der Waals surface area contributed by atoms with Crippen molar-refractivity contribution >= 4 is 11.8 Å². The largest absolute Gasteiger partial charge is 0.316 e. The van der Waals surface area contributed by atoms with E-state index in [0.717, 1.165) is 19.5 Å². The molecule has 0 aromatic heterocycles. The Morgan fingerprint density at radius 3 is 2.73 bits per heavy atom. The van der Waals surface area contributed by atoms with Gasteiger partial charge in [0.15, 0.2) is 0 Å². The number of rotatable bonds is 7. The van der Waals surface area contributed by atoms with Gasteiger partial charge in [-0.25, -0.2) is 0 Å². The summed E-state index contributed by atoms with van der Waals surface area (Å²) < 4.78 is 0. The SMILES string of the molecule is C=C(C)CCNCCCSC. The molecule has 0 bridgehead atoms. The zero-order valence-electron chi connectivity index (χ0n) is 7.65. The molecule has 0 saturated carbocycles. The van der Waals surface area contributed by atoms with Crippen LogP contribution < -0.4 is 5.32 Å². The van der Waals surface area contributed by atoms with E-state index in [9.17, 15) is 0 Å². The van der Waals surface area contributed by atoms with Gasteiger partial charge >= 0.3 is 0 Å². The van der Waals surface area contributed by atoms with E-state index in [2.05, 4.69) is 25.1 Å². The van der Waals surface area contributed by atoms with Crippen LogP contribution in [0.4, 0.5) is 0 Å². The van der Waals surface area contributed by atoms with Crippen LogP contribution in [0.25, 0.3) is 0 Å². The predicted molar refractivity (Wildman–Crippen MR) is 55.3 cm³/mol. The molecular weight excluding hydrogens is 154 g/mol. The molecule has 11 heavy (non-hydrogen) atoms. The first-order valence-electron chi connectivity index (χ1n) is 4.11. The fourth-order valence-corrected chi connectivity index (χ4v) is 1.20. The van der Waals surface area contributed by atoms with Crippen molar-refractivity contribution in [1.82, 2.24) is 5.32 Å². The van der Waals surface area contributed by atoms with Crippen LogP contribution in [0.3, 0.4) is 0 Å². The molecule has 0 saturated heterocycles. The normalized spacial score (nSPS) is 10.0. The number of thioether (sulfide) groups is 1. The minimum Gasteiger partial charge on any atom is -0.316 e. The summed E-state index contributed by atoms with van der Waals surface area (Å²) in [4.78, 5) is 0. The Balaban J connectivity index is 2.85. The maximum Gasteiger partial charge on any atom is -0.00118 e. The Labute approximate surface area is 74.6 Å². The number of nitrogens with one attached hydrogen (secondary N) is 1. The fourth-order valence-electron chi connectivity index (χ4n) is 0.768. The lowest BCUT2D eigenvalue weighted by atomic mass is 10.2. The highest BCUT2D eigenvalue weighted by Crippen LogP contribution is 1.94. The van der Waals surface area contributed by atoms with Gasteiger partial charge in [-0.15, -0.1) is 6.58 Å². The second-order valence-corrected chi connectivity index (χ2v) is 3.79. The zero-order chi connectivity index (χ0) is 8.53. The average Bonchev–Trinajstić information content (AvgIpc) is 1.96. The third kappa shape index (κ3) is 10.1. The first kappa shape index (κ1) is 11.1. The maximum absolute atomic E-state index is 3.84. The summed E-state index contributed by atoms with van der Waals surface area (Å²) in [7, 11) is 0. The Kier molecular flexibility index (Phi) is 8.19. The summed E-state index contributed by atoms with van der Waals surface area (Å²) >= 11 is 1.91. The van der Waals surface area contributed by atoms with E-state index in [1.807, 2.05) is 11.8 Å². The predicted octanol–water partition coefficient (Wildman–Crippen LogP) is 2.30. The van der Waals surface area contributed by atoms with Crippen LogP contribution in [0.2, 0.25) is 0 Å². The third-order valence-electron chi connectivity index (χ3n) is 1.43. The molecule has 0 radical (unpaired) electrons. The lowest BCUT2D eigenvalue weighted by molar-refractivity contribution is 0.673. The van der Waals surface area contributed by atoms with Gasteiger partial charge in [0.25, 0.3) is 0 Å². The summed E-state index contributed by atoms with van der Waals surface area (Å²) in [5.74, 6) is 1.26. The van der Waals surface area contributed by atoms with Crippen LogP contribution in [-0.4, -0.2) is 25.1 Å². The smallest absolute Gasteiger partial charge is 0.00118 e. The highest BCUT2D eigenvalue weighted by molar-refractivity contribution is 7.98. The van der Waals surface area contributed by atoms with Crippen LogP contribution in [0.1, 0.15) is 19.8 Å². The lowest BCUT2D eigenvalue weighted by Crippen LogP contribution is -2.17. The molecule has 0 aliphatic carbocycles. The molecule has 2 heteroatoms. The number of hydrogen-bond donors (Lipinski definition) is 1. The van der Waals surface area contributed by atoms with Gasteiger partial charge in [-0.1, -0.05) is 5.57 Å². The van der Waals surface area contributed by atoms with Crippen molar-refractivity contribution in [2.45, 2.75) is 19.8 Å². The highest BCUT2D eigenvalue weighted by atomic mass is 32.2. The van der Waals surface area contributed by atoms with Crippen molar-refractivity contribution < 1.29 is 0 Å². The van der Waals surface area contributed by atoms with Crippen LogP contribution in [0, 0.1) is 0 Å². The molecule has 1 nitrogen and oxygen atoms in total. The van der Waals surface area contributed by atoms with E-state index in [0.29, 0.717) is 0 Å². The van der Waals surface area contributed by atoms with Gasteiger partial charge in [-0.2, -0.15) is 11.8 Å². The first-order chi connectivity index (χ1) is 5.27. The van der Waals surface area contributed by atoms with Crippen molar-refractivity contribution in [3.8, 4) is 0 Å². The van der Waals surface area contributed by atoms with Crippen molar-refractivity contribution in [2.24, 2.45) is 0 Å².